The molecule has 3 aromatic rings. The van der Waals surface area contributed by atoms with E-state index in [1.165, 1.54) is 0 Å². The van der Waals surface area contributed by atoms with E-state index in [2.05, 4.69) is 25.3 Å². The van der Waals surface area contributed by atoms with Crippen molar-refractivity contribution in [1.82, 2.24) is 29.9 Å². The molecule has 8 nitrogen and oxygen atoms in total. The lowest BCUT2D eigenvalue weighted by Crippen LogP contribution is -2.10. The van der Waals surface area contributed by atoms with Crippen LogP contribution in [0.25, 0.3) is 22.7 Å². The van der Waals surface area contributed by atoms with Crippen molar-refractivity contribution in [3.8, 4) is 11.5 Å². The molecule has 0 aliphatic carbocycles. The summed E-state index contributed by atoms with van der Waals surface area (Å²) in [5.74, 6) is 1.05. The highest BCUT2D eigenvalue weighted by Crippen LogP contribution is 2.17. The van der Waals surface area contributed by atoms with E-state index in [1.807, 2.05) is 6.07 Å². The van der Waals surface area contributed by atoms with Crippen LogP contribution >= 0.6 is 0 Å². The van der Waals surface area contributed by atoms with E-state index in [0.29, 0.717) is 36.1 Å². The molecule has 0 saturated heterocycles. The molecule has 0 amide bonds. The SMILES string of the molecule is NCCn1cc(-c2nc3nc(N)ccc3[nH]2)nn1. The van der Waals surface area contributed by atoms with E-state index in [1.54, 1.807) is 16.9 Å². The van der Waals surface area contributed by atoms with Crippen LogP contribution in [0.4, 0.5) is 5.82 Å². The van der Waals surface area contributed by atoms with Crippen molar-refractivity contribution in [3.05, 3.63) is 18.3 Å². The van der Waals surface area contributed by atoms with E-state index in [4.69, 9.17) is 11.5 Å². The highest BCUT2D eigenvalue weighted by molar-refractivity contribution is 5.76. The second kappa shape index (κ2) is 4.08. The number of nitrogen functional groups attached to an aromatic ring is 1. The summed E-state index contributed by atoms with van der Waals surface area (Å²) in [6.07, 6.45) is 1.79. The minimum atomic E-state index is 0.437. The van der Waals surface area contributed by atoms with Crippen molar-refractivity contribution in [2.45, 2.75) is 6.54 Å². The molecule has 3 rings (SSSR count). The molecule has 8 heteroatoms. The highest BCUT2D eigenvalue weighted by atomic mass is 15.4. The van der Waals surface area contributed by atoms with Crippen LogP contribution in [0, 0.1) is 0 Å². The lowest BCUT2D eigenvalue weighted by atomic mass is 10.4. The normalized spacial score (nSPS) is 11.2. The number of imidazole rings is 1. The quantitative estimate of drug-likeness (QED) is 0.584. The zero-order valence-electron chi connectivity index (χ0n) is 9.54. The molecule has 92 valence electrons. The number of aromatic amines is 1. The Balaban J connectivity index is 2.02. The van der Waals surface area contributed by atoms with Gasteiger partial charge in [-0.25, -0.2) is 9.97 Å². The maximum absolute atomic E-state index is 5.60. The Labute approximate surface area is 102 Å². The lowest BCUT2D eigenvalue weighted by molar-refractivity contribution is 0.598. The third-order valence-electron chi connectivity index (χ3n) is 2.51. The van der Waals surface area contributed by atoms with Crippen molar-refractivity contribution in [3.63, 3.8) is 0 Å². The second-order valence-electron chi connectivity index (χ2n) is 3.85. The van der Waals surface area contributed by atoms with Crippen LogP contribution in [0.15, 0.2) is 18.3 Å². The number of nitrogens with zero attached hydrogens (tertiary/aromatic N) is 5. The van der Waals surface area contributed by atoms with Crippen LogP contribution in [0.3, 0.4) is 0 Å². The smallest absolute Gasteiger partial charge is 0.180 e. The van der Waals surface area contributed by atoms with Crippen LogP contribution in [0.5, 0.6) is 0 Å². The minimum Gasteiger partial charge on any atom is -0.384 e. The maximum atomic E-state index is 5.60. The first-order chi connectivity index (χ1) is 8.76. The summed E-state index contributed by atoms with van der Waals surface area (Å²) in [5.41, 5.74) is 13.1. The first-order valence-electron chi connectivity index (χ1n) is 5.49. The van der Waals surface area contributed by atoms with Gasteiger partial charge < -0.3 is 16.5 Å². The van der Waals surface area contributed by atoms with Crippen LogP contribution in [-0.4, -0.2) is 36.5 Å². The van der Waals surface area contributed by atoms with Gasteiger partial charge in [0.05, 0.1) is 18.3 Å². The van der Waals surface area contributed by atoms with Crippen molar-refractivity contribution < 1.29 is 0 Å². The Kier molecular flexibility index (Phi) is 2.41. The number of H-pyrrole nitrogens is 1. The molecule has 0 aliphatic rings. The number of nitrogens with one attached hydrogen (secondary N) is 1. The predicted octanol–water partition coefficient (Wildman–Crippen LogP) is -0.243. The molecular formula is C10H12N8. The molecule has 0 unspecified atom stereocenters. The molecule has 0 bridgehead atoms. The van der Waals surface area contributed by atoms with E-state index >= 15 is 0 Å². The van der Waals surface area contributed by atoms with Crippen molar-refractivity contribution in [2.75, 3.05) is 12.3 Å². The van der Waals surface area contributed by atoms with E-state index in [0.717, 1.165) is 5.52 Å². The topological polar surface area (TPSA) is 124 Å². The molecule has 0 saturated carbocycles. The van der Waals surface area contributed by atoms with Crippen molar-refractivity contribution in [1.29, 1.82) is 0 Å². The molecule has 0 fully saturated rings. The fourth-order valence-electron chi connectivity index (χ4n) is 1.68. The first-order valence-corrected chi connectivity index (χ1v) is 5.49. The van der Waals surface area contributed by atoms with Gasteiger partial charge in [-0.1, -0.05) is 5.21 Å². The Morgan fingerprint density at radius 1 is 1.28 bits per heavy atom. The largest absolute Gasteiger partial charge is 0.384 e. The van der Waals surface area contributed by atoms with Gasteiger partial charge in [-0.05, 0) is 12.1 Å². The average Bonchev–Trinajstić information content (AvgIpc) is 2.94. The standard InChI is InChI=1S/C10H12N8/c11-3-4-18-5-7(16-17-18)10-13-6-1-2-8(12)14-9(6)15-10/h1-2,5H,3-4,11H2,(H3,12,13,14,15). The predicted molar refractivity (Wildman–Crippen MR) is 66.4 cm³/mol. The Bertz CT molecular complexity index is 682. The average molecular weight is 244 g/mol. The zero-order valence-corrected chi connectivity index (χ0v) is 9.54. The van der Waals surface area contributed by atoms with Gasteiger partial charge in [0, 0.05) is 6.54 Å². The number of fused-ring (bicyclic) bond motifs is 1. The summed E-state index contributed by atoms with van der Waals surface area (Å²) in [6.45, 7) is 1.14. The van der Waals surface area contributed by atoms with Crippen LogP contribution in [0.2, 0.25) is 0 Å². The van der Waals surface area contributed by atoms with Gasteiger partial charge >= 0.3 is 0 Å². The molecule has 0 atom stereocenters. The van der Waals surface area contributed by atoms with Gasteiger partial charge in [0.2, 0.25) is 0 Å². The molecule has 0 radical (unpaired) electrons. The van der Waals surface area contributed by atoms with Crippen LogP contribution in [0.1, 0.15) is 0 Å². The van der Waals surface area contributed by atoms with Gasteiger partial charge in [0.1, 0.15) is 11.5 Å². The third-order valence-corrected chi connectivity index (χ3v) is 2.51. The molecular weight excluding hydrogens is 232 g/mol. The molecule has 18 heavy (non-hydrogen) atoms. The molecule has 3 aromatic heterocycles. The Morgan fingerprint density at radius 2 is 2.17 bits per heavy atom. The molecule has 0 aliphatic heterocycles. The van der Waals surface area contributed by atoms with E-state index < -0.39 is 0 Å². The van der Waals surface area contributed by atoms with Crippen molar-refractivity contribution >= 4 is 17.0 Å². The van der Waals surface area contributed by atoms with E-state index in [9.17, 15) is 0 Å². The summed E-state index contributed by atoms with van der Waals surface area (Å²) >= 11 is 0. The van der Waals surface area contributed by atoms with Gasteiger partial charge in [0.15, 0.2) is 11.5 Å². The first kappa shape index (κ1) is 10.7. The summed E-state index contributed by atoms with van der Waals surface area (Å²) < 4.78 is 1.67. The maximum Gasteiger partial charge on any atom is 0.180 e. The number of rotatable bonds is 3. The van der Waals surface area contributed by atoms with Gasteiger partial charge in [-0.3, -0.25) is 4.68 Å². The van der Waals surface area contributed by atoms with Gasteiger partial charge in [0.25, 0.3) is 0 Å². The minimum absolute atomic E-state index is 0.437. The Hall–Kier alpha value is -2.48. The van der Waals surface area contributed by atoms with Crippen molar-refractivity contribution in [2.24, 2.45) is 5.73 Å². The number of hydrogen-bond acceptors (Lipinski definition) is 6. The molecule has 0 aromatic carbocycles. The number of anilines is 1. The van der Waals surface area contributed by atoms with Gasteiger partial charge in [-0.2, -0.15) is 0 Å². The number of nitrogens with two attached hydrogens (primary N) is 2. The summed E-state index contributed by atoms with van der Waals surface area (Å²) in [6, 6.07) is 3.55. The number of pyridine rings is 1. The monoisotopic (exact) mass is 244 g/mol. The van der Waals surface area contributed by atoms with Crippen LogP contribution < -0.4 is 11.5 Å². The zero-order chi connectivity index (χ0) is 12.5. The number of aromatic nitrogens is 6. The summed E-state index contributed by atoms with van der Waals surface area (Å²) in [4.78, 5) is 11.6. The Morgan fingerprint density at radius 3 is 3.00 bits per heavy atom. The highest BCUT2D eigenvalue weighted by Gasteiger charge is 2.10. The van der Waals surface area contributed by atoms with Crippen LogP contribution in [-0.2, 0) is 6.54 Å². The molecule has 5 N–H and O–H groups in total. The fourth-order valence-corrected chi connectivity index (χ4v) is 1.68. The third kappa shape index (κ3) is 1.78. The fraction of sp³-hybridized carbons (Fsp3) is 0.200. The molecule has 3 heterocycles. The second-order valence-corrected chi connectivity index (χ2v) is 3.85. The van der Waals surface area contributed by atoms with E-state index in [-0.39, 0.29) is 0 Å². The van der Waals surface area contributed by atoms with Gasteiger partial charge in [-0.15, -0.1) is 5.10 Å². The number of hydrogen-bond donors (Lipinski definition) is 3. The summed E-state index contributed by atoms with van der Waals surface area (Å²) in [5, 5.41) is 7.98. The molecule has 0 spiro atoms. The lowest BCUT2D eigenvalue weighted by Gasteiger charge is -1.92. The summed E-state index contributed by atoms with van der Waals surface area (Å²) in [7, 11) is 0.